The van der Waals surface area contributed by atoms with E-state index >= 15 is 0 Å². The van der Waals surface area contributed by atoms with Gasteiger partial charge in [-0.25, -0.2) is 9.37 Å². The van der Waals surface area contributed by atoms with E-state index in [2.05, 4.69) is 10.3 Å². The van der Waals surface area contributed by atoms with Crippen LogP contribution >= 0.6 is 11.8 Å². The molecular weight excluding hydrogens is 381 g/mol. The van der Waals surface area contributed by atoms with E-state index in [-0.39, 0.29) is 23.3 Å². The maximum Gasteiger partial charge on any atom is 0.262 e. The molecule has 28 heavy (non-hydrogen) atoms. The van der Waals surface area contributed by atoms with Gasteiger partial charge in [0.05, 0.1) is 29.3 Å². The van der Waals surface area contributed by atoms with E-state index in [0.717, 1.165) is 11.8 Å². The lowest BCUT2D eigenvalue weighted by Gasteiger charge is -2.18. The van der Waals surface area contributed by atoms with Gasteiger partial charge in [-0.1, -0.05) is 30.0 Å². The molecule has 1 aromatic heterocycles. The standard InChI is InChI=1S/C20H20FN3O3S/c1-13(11-27-2)24-19(26)16-8-3-4-9-17(16)23-20(24)28-12-18(25)22-15-7-5-6-14(21)10-15/h3-10,13H,11-12H2,1-2H3,(H,22,25)/t13-/m1/s1. The van der Waals surface area contributed by atoms with Gasteiger partial charge < -0.3 is 10.1 Å². The van der Waals surface area contributed by atoms with Crippen molar-refractivity contribution < 1.29 is 13.9 Å². The fourth-order valence-corrected chi connectivity index (χ4v) is 3.72. The number of hydrogen-bond donors (Lipinski definition) is 1. The van der Waals surface area contributed by atoms with Gasteiger partial charge in [0.25, 0.3) is 5.56 Å². The number of anilines is 1. The summed E-state index contributed by atoms with van der Waals surface area (Å²) in [6.45, 7) is 2.20. The van der Waals surface area contributed by atoms with Gasteiger partial charge in [-0.2, -0.15) is 0 Å². The molecule has 1 heterocycles. The average Bonchev–Trinajstić information content (AvgIpc) is 2.66. The lowest BCUT2D eigenvalue weighted by atomic mass is 10.2. The van der Waals surface area contributed by atoms with Crippen molar-refractivity contribution in [2.24, 2.45) is 0 Å². The Morgan fingerprint density at radius 2 is 2.07 bits per heavy atom. The molecule has 146 valence electrons. The van der Waals surface area contributed by atoms with Gasteiger partial charge in [-0.3, -0.25) is 14.2 Å². The van der Waals surface area contributed by atoms with Crippen LogP contribution in [0.4, 0.5) is 10.1 Å². The first kappa shape index (κ1) is 20.0. The quantitative estimate of drug-likeness (QED) is 0.485. The zero-order valence-electron chi connectivity index (χ0n) is 15.5. The highest BCUT2D eigenvalue weighted by Gasteiger charge is 2.17. The summed E-state index contributed by atoms with van der Waals surface area (Å²) in [6, 6.07) is 12.5. The van der Waals surface area contributed by atoms with Gasteiger partial charge in [-0.05, 0) is 37.3 Å². The van der Waals surface area contributed by atoms with E-state index < -0.39 is 5.82 Å². The smallest absolute Gasteiger partial charge is 0.262 e. The summed E-state index contributed by atoms with van der Waals surface area (Å²) in [6.07, 6.45) is 0. The minimum Gasteiger partial charge on any atom is -0.383 e. The Hall–Kier alpha value is -2.71. The van der Waals surface area contributed by atoms with Crippen molar-refractivity contribution in [3.8, 4) is 0 Å². The Morgan fingerprint density at radius 3 is 2.82 bits per heavy atom. The van der Waals surface area contributed by atoms with Crippen LogP contribution in [0.25, 0.3) is 10.9 Å². The summed E-state index contributed by atoms with van der Waals surface area (Å²) in [5.41, 5.74) is 0.770. The number of rotatable bonds is 7. The van der Waals surface area contributed by atoms with Crippen molar-refractivity contribution in [1.29, 1.82) is 0 Å². The third-order valence-electron chi connectivity index (χ3n) is 4.06. The number of carbonyl (C=O) groups excluding carboxylic acids is 1. The third kappa shape index (κ3) is 4.58. The van der Waals surface area contributed by atoms with Crippen molar-refractivity contribution >= 4 is 34.3 Å². The van der Waals surface area contributed by atoms with Crippen molar-refractivity contribution in [3.05, 3.63) is 64.7 Å². The number of carbonyl (C=O) groups is 1. The SMILES string of the molecule is COC[C@@H](C)n1c(SCC(=O)Nc2cccc(F)c2)nc2ccccc2c1=O. The average molecular weight is 401 g/mol. The number of para-hydroxylation sites is 1. The molecule has 1 atom stereocenters. The highest BCUT2D eigenvalue weighted by atomic mass is 32.2. The minimum absolute atomic E-state index is 0.0288. The second-order valence-corrected chi connectivity index (χ2v) is 7.18. The first-order valence-electron chi connectivity index (χ1n) is 8.68. The number of fused-ring (bicyclic) bond motifs is 1. The van der Waals surface area contributed by atoms with Crippen LogP contribution in [-0.2, 0) is 9.53 Å². The molecule has 0 saturated heterocycles. The number of amides is 1. The van der Waals surface area contributed by atoms with Crippen molar-refractivity contribution in [2.45, 2.75) is 18.1 Å². The topological polar surface area (TPSA) is 73.2 Å². The molecule has 0 aliphatic rings. The predicted octanol–water partition coefficient (Wildman–Crippen LogP) is 3.47. The number of aromatic nitrogens is 2. The van der Waals surface area contributed by atoms with Crippen molar-refractivity contribution in [3.63, 3.8) is 0 Å². The van der Waals surface area contributed by atoms with Crippen LogP contribution < -0.4 is 10.9 Å². The number of nitrogens with zero attached hydrogens (tertiary/aromatic N) is 2. The molecule has 0 bridgehead atoms. The Labute approximate surface area is 165 Å². The number of hydrogen-bond acceptors (Lipinski definition) is 5. The van der Waals surface area contributed by atoms with Crippen molar-refractivity contribution in [2.75, 3.05) is 24.8 Å². The number of thioether (sulfide) groups is 1. The molecular formula is C20H20FN3O3S. The largest absolute Gasteiger partial charge is 0.383 e. The number of methoxy groups -OCH3 is 1. The van der Waals surface area contributed by atoms with Crippen LogP contribution in [0.2, 0.25) is 0 Å². The Morgan fingerprint density at radius 1 is 1.29 bits per heavy atom. The molecule has 0 spiro atoms. The molecule has 6 nitrogen and oxygen atoms in total. The molecule has 2 aromatic carbocycles. The molecule has 1 N–H and O–H groups in total. The van der Waals surface area contributed by atoms with E-state index in [1.165, 1.54) is 18.2 Å². The van der Waals surface area contributed by atoms with Crippen LogP contribution in [0, 0.1) is 5.82 Å². The summed E-state index contributed by atoms with van der Waals surface area (Å²) in [4.78, 5) is 29.8. The first-order valence-corrected chi connectivity index (χ1v) is 9.66. The Balaban J connectivity index is 1.85. The number of nitrogens with one attached hydrogen (secondary N) is 1. The molecule has 0 saturated carbocycles. The van der Waals surface area contributed by atoms with E-state index in [4.69, 9.17) is 4.74 Å². The number of benzene rings is 2. The van der Waals surface area contributed by atoms with Crippen LogP contribution in [-0.4, -0.2) is 34.9 Å². The first-order chi connectivity index (χ1) is 13.5. The molecule has 8 heteroatoms. The van der Waals surface area contributed by atoms with Gasteiger partial charge in [0.15, 0.2) is 5.16 Å². The summed E-state index contributed by atoms with van der Waals surface area (Å²) >= 11 is 1.15. The molecule has 0 aliphatic carbocycles. The fourth-order valence-electron chi connectivity index (χ4n) is 2.83. The van der Waals surface area contributed by atoms with E-state index in [1.807, 2.05) is 13.0 Å². The molecule has 0 radical (unpaired) electrons. The van der Waals surface area contributed by atoms with Crippen LogP contribution in [0.15, 0.2) is 58.5 Å². The van der Waals surface area contributed by atoms with Crippen LogP contribution in [0.5, 0.6) is 0 Å². The highest BCUT2D eigenvalue weighted by molar-refractivity contribution is 7.99. The predicted molar refractivity (Wildman–Crippen MR) is 108 cm³/mol. The molecule has 0 fully saturated rings. The lowest BCUT2D eigenvalue weighted by molar-refractivity contribution is -0.113. The summed E-state index contributed by atoms with van der Waals surface area (Å²) in [5, 5.41) is 3.58. The Kier molecular flexibility index (Phi) is 6.43. The second kappa shape index (κ2) is 8.99. The zero-order chi connectivity index (χ0) is 20.1. The zero-order valence-corrected chi connectivity index (χ0v) is 16.3. The second-order valence-electron chi connectivity index (χ2n) is 6.24. The van der Waals surface area contributed by atoms with E-state index in [1.54, 1.807) is 35.9 Å². The van der Waals surface area contributed by atoms with Gasteiger partial charge in [0.2, 0.25) is 5.91 Å². The highest BCUT2D eigenvalue weighted by Crippen LogP contribution is 2.21. The van der Waals surface area contributed by atoms with Crippen molar-refractivity contribution in [1.82, 2.24) is 9.55 Å². The summed E-state index contributed by atoms with van der Waals surface area (Å²) in [7, 11) is 1.56. The fraction of sp³-hybridized carbons (Fsp3) is 0.250. The van der Waals surface area contributed by atoms with Gasteiger partial charge in [0.1, 0.15) is 5.82 Å². The van der Waals surface area contributed by atoms with Gasteiger partial charge in [-0.15, -0.1) is 0 Å². The number of halogens is 1. The van der Waals surface area contributed by atoms with E-state index in [0.29, 0.717) is 28.4 Å². The monoisotopic (exact) mass is 401 g/mol. The Bertz CT molecular complexity index is 1050. The maximum absolute atomic E-state index is 13.3. The van der Waals surface area contributed by atoms with Gasteiger partial charge in [0, 0.05) is 12.8 Å². The molecule has 0 aliphatic heterocycles. The van der Waals surface area contributed by atoms with E-state index in [9.17, 15) is 14.0 Å². The lowest BCUT2D eigenvalue weighted by Crippen LogP contribution is -2.29. The molecule has 0 unspecified atom stereocenters. The molecule has 3 rings (SSSR count). The maximum atomic E-state index is 13.3. The molecule has 1 amide bonds. The van der Waals surface area contributed by atoms with Gasteiger partial charge >= 0.3 is 0 Å². The minimum atomic E-state index is -0.427. The summed E-state index contributed by atoms with van der Waals surface area (Å²) in [5.74, 6) is -0.714. The summed E-state index contributed by atoms with van der Waals surface area (Å²) < 4.78 is 20.0. The molecule has 3 aromatic rings. The third-order valence-corrected chi connectivity index (χ3v) is 5.02. The normalized spacial score (nSPS) is 12.1. The number of ether oxygens (including phenoxy) is 1. The van der Waals surface area contributed by atoms with Crippen LogP contribution in [0.1, 0.15) is 13.0 Å². The van der Waals surface area contributed by atoms with Crippen LogP contribution in [0.3, 0.4) is 0 Å².